The van der Waals surface area contributed by atoms with E-state index in [0.717, 1.165) is 23.1 Å². The van der Waals surface area contributed by atoms with Gasteiger partial charge in [-0.2, -0.15) is 0 Å². The smallest absolute Gasteiger partial charge is 0.326 e. The third-order valence-electron chi connectivity index (χ3n) is 5.15. The number of nitrogens with zero attached hydrogens (tertiary/aromatic N) is 3. The van der Waals surface area contributed by atoms with E-state index in [0.29, 0.717) is 18.2 Å². The number of rotatable bonds is 10. The maximum absolute atomic E-state index is 12.9. The van der Waals surface area contributed by atoms with Crippen LogP contribution < -0.4 is 9.47 Å². The van der Waals surface area contributed by atoms with E-state index in [2.05, 4.69) is 0 Å². The topological polar surface area (TPSA) is 168 Å². The molecule has 0 aromatic heterocycles. The Morgan fingerprint density at radius 2 is 1.86 bits per heavy atom. The van der Waals surface area contributed by atoms with Crippen LogP contribution in [0.4, 0.5) is 16.2 Å². The molecule has 0 unspecified atom stereocenters. The van der Waals surface area contributed by atoms with Crippen molar-refractivity contribution in [3.05, 3.63) is 67.1 Å². The first-order valence-electron chi connectivity index (χ1n) is 10.8. The molecular weight excluding hydrogens is 510 g/mol. The van der Waals surface area contributed by atoms with Crippen LogP contribution in [0.3, 0.4) is 0 Å². The van der Waals surface area contributed by atoms with E-state index in [1.807, 2.05) is 6.92 Å². The van der Waals surface area contributed by atoms with Crippen LogP contribution in [0.2, 0.25) is 0 Å². The molecule has 1 saturated heterocycles. The monoisotopic (exact) mass is 531 g/mol. The summed E-state index contributed by atoms with van der Waals surface area (Å²) >= 11 is 0.596. The number of carbonyl (C=O) groups excluding carboxylic acids is 3. The van der Waals surface area contributed by atoms with Crippen LogP contribution in [0.5, 0.6) is 17.2 Å². The number of non-ortho nitro benzene ring substituents is 1. The number of para-hydroxylation sites is 1. The van der Waals surface area contributed by atoms with Gasteiger partial charge in [-0.25, -0.2) is 0 Å². The maximum atomic E-state index is 12.9. The van der Waals surface area contributed by atoms with Gasteiger partial charge in [0.2, 0.25) is 5.75 Å². The Bertz CT molecular complexity index is 1310. The molecule has 0 radical (unpaired) electrons. The second kappa shape index (κ2) is 11.5. The van der Waals surface area contributed by atoms with Gasteiger partial charge in [0.25, 0.3) is 16.8 Å². The Balaban J connectivity index is 1.96. The zero-order valence-corrected chi connectivity index (χ0v) is 20.7. The highest BCUT2D eigenvalue weighted by atomic mass is 32.2. The number of benzene rings is 2. The van der Waals surface area contributed by atoms with Gasteiger partial charge in [-0.3, -0.25) is 39.5 Å². The highest BCUT2D eigenvalue weighted by Gasteiger charge is 2.37. The molecule has 0 aliphatic carbocycles. The third-order valence-corrected chi connectivity index (χ3v) is 6.05. The normalized spacial score (nSPS) is 15.0. The maximum Gasteiger partial charge on any atom is 0.326 e. The van der Waals surface area contributed by atoms with Gasteiger partial charge in [-0.05, 0) is 43.3 Å². The van der Waals surface area contributed by atoms with Gasteiger partial charge < -0.3 is 14.2 Å². The van der Waals surface area contributed by atoms with Crippen molar-refractivity contribution in [3.8, 4) is 17.2 Å². The molecule has 0 saturated carbocycles. The summed E-state index contributed by atoms with van der Waals surface area (Å²) in [5.41, 5.74) is -0.939. The fraction of sp³-hybridized carbons (Fsp3) is 0.261. The van der Waals surface area contributed by atoms with E-state index < -0.39 is 44.9 Å². The van der Waals surface area contributed by atoms with Crippen molar-refractivity contribution in [2.75, 3.05) is 13.7 Å². The second-order valence-corrected chi connectivity index (χ2v) is 8.62. The number of nitro benzene ring substituents is 2. The van der Waals surface area contributed by atoms with Gasteiger partial charge in [0.05, 0.1) is 34.0 Å². The van der Waals surface area contributed by atoms with Crippen molar-refractivity contribution < 1.29 is 38.4 Å². The second-order valence-electron chi connectivity index (χ2n) is 7.62. The van der Waals surface area contributed by atoms with E-state index >= 15 is 0 Å². The summed E-state index contributed by atoms with van der Waals surface area (Å²) < 4.78 is 16.2. The fourth-order valence-electron chi connectivity index (χ4n) is 3.13. The average molecular weight is 531 g/mol. The zero-order chi connectivity index (χ0) is 27.3. The Kier molecular flexibility index (Phi) is 8.45. The molecule has 1 fully saturated rings. The van der Waals surface area contributed by atoms with Gasteiger partial charge in [0.1, 0.15) is 6.54 Å². The fourth-order valence-corrected chi connectivity index (χ4v) is 3.96. The minimum atomic E-state index is -0.832. The molecule has 3 rings (SSSR count). The first kappa shape index (κ1) is 27.1. The lowest BCUT2D eigenvalue weighted by Crippen LogP contribution is -2.35. The number of imide groups is 1. The molecule has 0 spiro atoms. The molecule has 14 heteroatoms. The van der Waals surface area contributed by atoms with Crippen molar-refractivity contribution in [2.45, 2.75) is 26.4 Å². The standard InChI is InChI=1S/C23H21N3O10S/c1-4-13(2)35-20(27)12-24-22(28)19(37-23(24)29)10-14-6-5-7-18(34-3)21(14)36-17-9-8-15(25(30)31)11-16(17)26(32)33/h5-11,13H,4,12H2,1-3H3/b19-10+/t13-/m0/s1. The minimum absolute atomic E-state index is 0.0300. The zero-order valence-electron chi connectivity index (χ0n) is 19.9. The van der Waals surface area contributed by atoms with Crippen LogP contribution in [-0.2, 0) is 14.3 Å². The molecule has 1 aliphatic heterocycles. The molecule has 0 N–H and O–H groups in total. The van der Waals surface area contributed by atoms with Gasteiger partial charge in [-0.1, -0.05) is 19.1 Å². The molecular formula is C23H21N3O10S. The molecule has 37 heavy (non-hydrogen) atoms. The number of thioether (sulfide) groups is 1. The van der Waals surface area contributed by atoms with Gasteiger partial charge in [-0.15, -0.1) is 0 Å². The largest absolute Gasteiger partial charge is 0.493 e. The molecule has 13 nitrogen and oxygen atoms in total. The number of hydrogen-bond acceptors (Lipinski definition) is 11. The van der Waals surface area contributed by atoms with Crippen molar-refractivity contribution in [1.29, 1.82) is 0 Å². The predicted molar refractivity (Wildman–Crippen MR) is 131 cm³/mol. The summed E-state index contributed by atoms with van der Waals surface area (Å²) in [7, 11) is 1.33. The van der Waals surface area contributed by atoms with Crippen LogP contribution in [-0.4, -0.2) is 51.6 Å². The quantitative estimate of drug-likeness (QED) is 0.180. The summed E-state index contributed by atoms with van der Waals surface area (Å²) in [6.45, 7) is 2.95. The van der Waals surface area contributed by atoms with Crippen molar-refractivity contribution in [1.82, 2.24) is 4.90 Å². The Hall–Kier alpha value is -4.46. The van der Waals surface area contributed by atoms with Crippen molar-refractivity contribution in [3.63, 3.8) is 0 Å². The molecule has 1 heterocycles. The number of carbonyl (C=O) groups is 3. The summed E-state index contributed by atoms with van der Waals surface area (Å²) in [5.74, 6) is -1.67. The Morgan fingerprint density at radius 1 is 1.14 bits per heavy atom. The van der Waals surface area contributed by atoms with Gasteiger partial charge in [0.15, 0.2) is 11.5 Å². The van der Waals surface area contributed by atoms with Crippen LogP contribution in [0.1, 0.15) is 25.8 Å². The van der Waals surface area contributed by atoms with E-state index in [4.69, 9.17) is 14.2 Å². The van der Waals surface area contributed by atoms with Gasteiger partial charge in [0, 0.05) is 11.6 Å². The third kappa shape index (κ3) is 6.22. The highest BCUT2D eigenvalue weighted by Crippen LogP contribution is 2.42. The Morgan fingerprint density at radius 3 is 2.49 bits per heavy atom. The first-order valence-corrected chi connectivity index (χ1v) is 11.6. The van der Waals surface area contributed by atoms with Crippen LogP contribution in [0, 0.1) is 20.2 Å². The van der Waals surface area contributed by atoms with Gasteiger partial charge >= 0.3 is 11.7 Å². The highest BCUT2D eigenvalue weighted by molar-refractivity contribution is 8.18. The van der Waals surface area contributed by atoms with Crippen molar-refractivity contribution >= 4 is 46.3 Å². The molecule has 2 aromatic rings. The molecule has 2 aromatic carbocycles. The Labute approximate surface area is 214 Å². The molecule has 194 valence electrons. The van der Waals surface area contributed by atoms with Crippen LogP contribution in [0.25, 0.3) is 6.08 Å². The lowest BCUT2D eigenvalue weighted by atomic mass is 10.1. The SMILES string of the molecule is CC[C@H](C)OC(=O)CN1C(=O)S/C(=C/c2cccc(OC)c2Oc2ccc([N+](=O)[O-])cc2[N+](=O)[O-])C1=O. The molecule has 2 amide bonds. The summed E-state index contributed by atoms with van der Waals surface area (Å²) in [6.07, 6.45) is 1.52. The predicted octanol–water partition coefficient (Wildman–Crippen LogP) is 4.68. The number of hydrogen-bond donors (Lipinski definition) is 0. The van der Waals surface area contributed by atoms with Crippen molar-refractivity contribution in [2.24, 2.45) is 0 Å². The summed E-state index contributed by atoms with van der Waals surface area (Å²) in [4.78, 5) is 59.0. The lowest BCUT2D eigenvalue weighted by Gasteiger charge is -2.15. The van der Waals surface area contributed by atoms with Crippen LogP contribution >= 0.6 is 11.8 Å². The summed E-state index contributed by atoms with van der Waals surface area (Å²) in [5, 5.41) is 21.9. The van der Waals surface area contributed by atoms with Crippen LogP contribution in [0.15, 0.2) is 41.3 Å². The number of methoxy groups -OCH3 is 1. The summed E-state index contributed by atoms with van der Waals surface area (Å²) in [6, 6.07) is 7.45. The molecule has 1 atom stereocenters. The van der Waals surface area contributed by atoms with E-state index in [1.165, 1.54) is 25.3 Å². The molecule has 0 bridgehead atoms. The lowest BCUT2D eigenvalue weighted by molar-refractivity contribution is -0.394. The number of amides is 2. The van der Waals surface area contributed by atoms with E-state index in [-0.39, 0.29) is 33.8 Å². The van der Waals surface area contributed by atoms with E-state index in [1.54, 1.807) is 13.0 Å². The van der Waals surface area contributed by atoms with E-state index in [9.17, 15) is 34.6 Å². The minimum Gasteiger partial charge on any atom is -0.493 e. The first-order chi connectivity index (χ1) is 17.5. The number of nitro groups is 2. The number of ether oxygens (including phenoxy) is 3. The number of esters is 1. The average Bonchev–Trinajstić information content (AvgIpc) is 3.11. The molecule has 1 aliphatic rings.